The molecule has 0 amide bonds. The van der Waals surface area contributed by atoms with Crippen molar-refractivity contribution in [3.05, 3.63) is 77.0 Å². The molecule has 4 heteroatoms. The van der Waals surface area contributed by atoms with Gasteiger partial charge in [-0.15, -0.1) is 0 Å². The first kappa shape index (κ1) is 16.0. The zero-order valence-corrected chi connectivity index (χ0v) is 14.3. The van der Waals surface area contributed by atoms with Gasteiger partial charge in [-0.05, 0) is 44.0 Å². The van der Waals surface area contributed by atoms with E-state index in [0.29, 0.717) is 12.5 Å². The summed E-state index contributed by atoms with van der Waals surface area (Å²) < 4.78 is 0. The van der Waals surface area contributed by atoms with Crippen molar-refractivity contribution in [2.75, 3.05) is 10.6 Å². The zero-order valence-electron chi connectivity index (χ0n) is 14.3. The molecule has 0 fully saturated rings. The minimum absolute atomic E-state index is 0.631. The van der Waals surface area contributed by atoms with E-state index in [9.17, 15) is 0 Å². The average molecular weight is 318 g/mol. The van der Waals surface area contributed by atoms with Crippen molar-refractivity contribution < 1.29 is 0 Å². The van der Waals surface area contributed by atoms with Crippen molar-refractivity contribution in [2.24, 2.45) is 0 Å². The van der Waals surface area contributed by atoms with E-state index in [1.54, 1.807) is 0 Å². The first-order valence-electron chi connectivity index (χ1n) is 8.07. The molecule has 3 aromatic rings. The molecule has 1 heterocycles. The Kier molecular flexibility index (Phi) is 4.75. The largest absolute Gasteiger partial charge is 0.350 e. The van der Waals surface area contributed by atoms with Crippen LogP contribution in [0.4, 0.5) is 17.5 Å². The lowest BCUT2D eigenvalue weighted by atomic mass is 10.1. The van der Waals surface area contributed by atoms with Crippen LogP contribution in [0.3, 0.4) is 0 Å². The fraction of sp³-hybridized carbons (Fsp3) is 0.200. The third-order valence-electron chi connectivity index (χ3n) is 3.68. The Morgan fingerprint density at radius 1 is 0.833 bits per heavy atom. The van der Waals surface area contributed by atoms with E-state index in [0.717, 1.165) is 17.2 Å². The molecule has 0 saturated carbocycles. The lowest BCUT2D eigenvalue weighted by Crippen LogP contribution is -2.06. The summed E-state index contributed by atoms with van der Waals surface area (Å²) in [5.74, 6) is 1.42. The van der Waals surface area contributed by atoms with Crippen LogP contribution in [0.5, 0.6) is 0 Å². The monoisotopic (exact) mass is 318 g/mol. The molecule has 122 valence electrons. The van der Waals surface area contributed by atoms with Crippen LogP contribution >= 0.6 is 0 Å². The van der Waals surface area contributed by atoms with Crippen LogP contribution in [0, 0.1) is 20.8 Å². The number of aromatic nitrogens is 2. The van der Waals surface area contributed by atoms with Crippen molar-refractivity contribution in [3.63, 3.8) is 0 Å². The Balaban J connectivity index is 1.73. The average Bonchev–Trinajstić information content (AvgIpc) is 2.52. The van der Waals surface area contributed by atoms with Crippen LogP contribution in [-0.4, -0.2) is 9.97 Å². The zero-order chi connectivity index (χ0) is 16.9. The van der Waals surface area contributed by atoms with Crippen LogP contribution in [0.25, 0.3) is 0 Å². The molecule has 2 aromatic carbocycles. The highest BCUT2D eigenvalue weighted by molar-refractivity contribution is 5.58. The molecular formula is C20H22N4. The van der Waals surface area contributed by atoms with E-state index in [2.05, 4.69) is 70.8 Å². The van der Waals surface area contributed by atoms with Crippen LogP contribution in [0.1, 0.15) is 22.4 Å². The van der Waals surface area contributed by atoms with E-state index in [1.165, 1.54) is 16.7 Å². The molecule has 0 aliphatic heterocycles. The summed E-state index contributed by atoms with van der Waals surface area (Å²) in [6.07, 6.45) is 0. The van der Waals surface area contributed by atoms with Gasteiger partial charge in [-0.25, -0.2) is 4.98 Å². The Morgan fingerprint density at radius 3 is 2.33 bits per heavy atom. The highest BCUT2D eigenvalue weighted by Crippen LogP contribution is 2.18. The van der Waals surface area contributed by atoms with Crippen LogP contribution < -0.4 is 10.6 Å². The molecule has 1 aromatic heterocycles. The van der Waals surface area contributed by atoms with E-state index in [-0.39, 0.29) is 0 Å². The summed E-state index contributed by atoms with van der Waals surface area (Å²) in [7, 11) is 0. The Morgan fingerprint density at radius 2 is 1.58 bits per heavy atom. The van der Waals surface area contributed by atoms with Gasteiger partial charge in [-0.3, -0.25) is 0 Å². The van der Waals surface area contributed by atoms with Crippen LogP contribution in [0.15, 0.2) is 54.6 Å². The van der Waals surface area contributed by atoms with Gasteiger partial charge in [0.15, 0.2) is 0 Å². The second-order valence-corrected chi connectivity index (χ2v) is 6.06. The molecular weight excluding hydrogens is 296 g/mol. The maximum Gasteiger partial charge on any atom is 0.225 e. The molecule has 0 aliphatic rings. The van der Waals surface area contributed by atoms with E-state index in [4.69, 9.17) is 0 Å². The van der Waals surface area contributed by atoms with Crippen LogP contribution in [0.2, 0.25) is 0 Å². The number of aryl methyl sites for hydroxylation is 3. The van der Waals surface area contributed by atoms with Gasteiger partial charge < -0.3 is 10.6 Å². The fourth-order valence-electron chi connectivity index (χ4n) is 2.59. The third-order valence-corrected chi connectivity index (χ3v) is 3.68. The van der Waals surface area contributed by atoms with E-state index < -0.39 is 0 Å². The fourth-order valence-corrected chi connectivity index (χ4v) is 2.59. The second-order valence-electron chi connectivity index (χ2n) is 6.06. The Hall–Kier alpha value is -2.88. The normalized spacial score (nSPS) is 10.5. The first-order chi connectivity index (χ1) is 11.6. The van der Waals surface area contributed by atoms with Gasteiger partial charge >= 0.3 is 0 Å². The lowest BCUT2D eigenvalue weighted by molar-refractivity contribution is 1.03. The molecule has 0 atom stereocenters. The van der Waals surface area contributed by atoms with Crippen molar-refractivity contribution >= 4 is 17.5 Å². The van der Waals surface area contributed by atoms with Gasteiger partial charge in [-0.1, -0.05) is 42.0 Å². The lowest BCUT2D eigenvalue weighted by Gasteiger charge is -2.11. The van der Waals surface area contributed by atoms with Crippen LogP contribution in [-0.2, 0) is 6.54 Å². The molecule has 0 aliphatic carbocycles. The molecule has 0 unspecified atom stereocenters. The SMILES string of the molecule is Cc1cccc(CNc2nc(C)cc(Nc3cccc(C)c3)n2)c1. The number of anilines is 3. The minimum Gasteiger partial charge on any atom is -0.350 e. The summed E-state index contributed by atoms with van der Waals surface area (Å²) in [5, 5.41) is 6.65. The molecule has 0 spiro atoms. The number of hydrogen-bond donors (Lipinski definition) is 2. The smallest absolute Gasteiger partial charge is 0.225 e. The minimum atomic E-state index is 0.631. The number of nitrogens with one attached hydrogen (secondary N) is 2. The molecule has 0 bridgehead atoms. The second kappa shape index (κ2) is 7.13. The van der Waals surface area contributed by atoms with Gasteiger partial charge in [0.25, 0.3) is 0 Å². The molecule has 24 heavy (non-hydrogen) atoms. The Bertz CT molecular complexity index is 843. The van der Waals surface area contributed by atoms with Crippen molar-refractivity contribution in [1.82, 2.24) is 9.97 Å². The molecule has 0 radical (unpaired) electrons. The number of benzene rings is 2. The summed E-state index contributed by atoms with van der Waals surface area (Å²) in [4.78, 5) is 9.03. The maximum absolute atomic E-state index is 4.56. The van der Waals surface area contributed by atoms with Gasteiger partial charge in [0.2, 0.25) is 5.95 Å². The Labute approximate surface area is 143 Å². The summed E-state index contributed by atoms with van der Waals surface area (Å²) in [5.41, 5.74) is 5.63. The highest BCUT2D eigenvalue weighted by Gasteiger charge is 2.03. The standard InChI is InChI=1S/C20H22N4/c1-14-6-4-8-17(10-14)13-21-20-22-16(3)12-19(24-20)23-18-9-5-7-15(2)11-18/h4-12H,13H2,1-3H3,(H2,21,22,23,24). The predicted octanol–water partition coefficient (Wildman–Crippen LogP) is 4.76. The summed E-state index contributed by atoms with van der Waals surface area (Å²) in [6.45, 7) is 6.84. The van der Waals surface area contributed by atoms with Crippen molar-refractivity contribution in [1.29, 1.82) is 0 Å². The van der Waals surface area contributed by atoms with Gasteiger partial charge in [0.05, 0.1) is 0 Å². The third kappa shape index (κ3) is 4.32. The number of nitrogens with zero attached hydrogens (tertiary/aromatic N) is 2. The number of rotatable bonds is 5. The highest BCUT2D eigenvalue weighted by atomic mass is 15.1. The summed E-state index contributed by atoms with van der Waals surface area (Å²) in [6, 6.07) is 18.6. The summed E-state index contributed by atoms with van der Waals surface area (Å²) >= 11 is 0. The molecule has 0 saturated heterocycles. The van der Waals surface area contributed by atoms with Crippen molar-refractivity contribution in [2.45, 2.75) is 27.3 Å². The predicted molar refractivity (Wildman–Crippen MR) is 99.7 cm³/mol. The van der Waals surface area contributed by atoms with Crippen molar-refractivity contribution in [3.8, 4) is 0 Å². The van der Waals surface area contributed by atoms with E-state index >= 15 is 0 Å². The van der Waals surface area contributed by atoms with Gasteiger partial charge in [0, 0.05) is 24.0 Å². The van der Waals surface area contributed by atoms with Gasteiger partial charge in [-0.2, -0.15) is 4.98 Å². The number of hydrogen-bond acceptors (Lipinski definition) is 4. The molecule has 2 N–H and O–H groups in total. The maximum atomic E-state index is 4.56. The molecule has 4 nitrogen and oxygen atoms in total. The van der Waals surface area contributed by atoms with E-state index in [1.807, 2.05) is 25.1 Å². The topological polar surface area (TPSA) is 49.8 Å². The first-order valence-corrected chi connectivity index (χ1v) is 8.07. The van der Waals surface area contributed by atoms with Gasteiger partial charge in [0.1, 0.15) is 5.82 Å². The molecule has 3 rings (SSSR count). The quantitative estimate of drug-likeness (QED) is 0.712.